The predicted octanol–water partition coefficient (Wildman–Crippen LogP) is 4.49. The number of hydrogen-bond donors (Lipinski definition) is 0. The van der Waals surface area contributed by atoms with E-state index in [1.807, 2.05) is 23.1 Å². The molecule has 1 aliphatic carbocycles. The Labute approximate surface area is 158 Å². The minimum atomic E-state index is 0.206. The average molecular weight is 375 g/mol. The number of amides is 1. The molecular formula is C20H23ClN2OS. The molecule has 4 rings (SSSR count). The Kier molecular flexibility index (Phi) is 4.74. The number of halogens is 1. The first-order valence-electron chi connectivity index (χ1n) is 9.01. The van der Waals surface area contributed by atoms with Crippen molar-refractivity contribution in [1.82, 2.24) is 4.90 Å². The van der Waals surface area contributed by atoms with E-state index in [2.05, 4.69) is 24.0 Å². The predicted molar refractivity (Wildman–Crippen MR) is 105 cm³/mol. The molecule has 0 unspecified atom stereocenters. The van der Waals surface area contributed by atoms with Crippen LogP contribution < -0.4 is 4.90 Å². The number of aryl methyl sites for hydroxylation is 1. The highest BCUT2D eigenvalue weighted by Gasteiger charge is 2.26. The van der Waals surface area contributed by atoms with Crippen LogP contribution in [0.5, 0.6) is 0 Å². The molecule has 25 heavy (non-hydrogen) atoms. The molecular weight excluding hydrogens is 352 g/mol. The summed E-state index contributed by atoms with van der Waals surface area (Å²) >= 11 is 7.81. The normalized spacial score (nSPS) is 20.5. The average Bonchev–Trinajstić information content (AvgIpc) is 3.04. The summed E-state index contributed by atoms with van der Waals surface area (Å²) < 4.78 is 0. The summed E-state index contributed by atoms with van der Waals surface area (Å²) in [6, 6.07) is 10.1. The maximum absolute atomic E-state index is 12.9. The number of nitrogens with zero attached hydrogens (tertiary/aromatic N) is 2. The van der Waals surface area contributed by atoms with Crippen molar-refractivity contribution in [2.75, 3.05) is 31.1 Å². The monoisotopic (exact) mass is 374 g/mol. The van der Waals surface area contributed by atoms with Gasteiger partial charge in [-0.2, -0.15) is 0 Å². The Morgan fingerprint density at radius 2 is 2.00 bits per heavy atom. The second kappa shape index (κ2) is 7.00. The van der Waals surface area contributed by atoms with Crippen molar-refractivity contribution in [3.05, 3.63) is 50.7 Å². The minimum Gasteiger partial charge on any atom is -0.368 e. The third kappa shape index (κ3) is 3.56. The zero-order chi connectivity index (χ0) is 17.4. The molecule has 1 aromatic heterocycles. The molecule has 2 heterocycles. The Bertz CT molecular complexity index is 780. The molecule has 3 nitrogen and oxygen atoms in total. The van der Waals surface area contributed by atoms with Crippen molar-refractivity contribution in [3.63, 3.8) is 0 Å². The number of benzene rings is 1. The van der Waals surface area contributed by atoms with E-state index < -0.39 is 0 Å². The number of fused-ring (bicyclic) bond motifs is 1. The van der Waals surface area contributed by atoms with Gasteiger partial charge in [-0.1, -0.05) is 24.6 Å². The van der Waals surface area contributed by atoms with Crippen LogP contribution in [-0.2, 0) is 12.8 Å². The molecule has 2 aromatic rings. The molecule has 1 saturated heterocycles. The smallest absolute Gasteiger partial charge is 0.264 e. The molecule has 0 spiro atoms. The highest BCUT2D eigenvalue weighted by atomic mass is 35.5. The molecule has 0 bridgehead atoms. The highest BCUT2D eigenvalue weighted by Crippen LogP contribution is 2.33. The Balaban J connectivity index is 1.41. The zero-order valence-electron chi connectivity index (χ0n) is 14.5. The molecule has 0 saturated carbocycles. The lowest BCUT2D eigenvalue weighted by molar-refractivity contribution is 0.0751. The maximum Gasteiger partial charge on any atom is 0.264 e. The maximum atomic E-state index is 12.9. The van der Waals surface area contributed by atoms with Gasteiger partial charge in [0.15, 0.2) is 0 Å². The van der Waals surface area contributed by atoms with Crippen molar-refractivity contribution in [2.24, 2.45) is 5.92 Å². The summed E-state index contributed by atoms with van der Waals surface area (Å²) in [5.74, 6) is 0.948. The van der Waals surface area contributed by atoms with Crippen LogP contribution in [0.1, 0.15) is 33.5 Å². The van der Waals surface area contributed by atoms with Gasteiger partial charge in [0.25, 0.3) is 5.91 Å². The lowest BCUT2D eigenvalue weighted by Crippen LogP contribution is -2.48. The second-order valence-electron chi connectivity index (χ2n) is 7.17. The third-order valence-corrected chi connectivity index (χ3v) is 6.74. The number of piperazine rings is 1. The zero-order valence-corrected chi connectivity index (χ0v) is 16.1. The summed E-state index contributed by atoms with van der Waals surface area (Å²) in [7, 11) is 0. The Morgan fingerprint density at radius 1 is 1.20 bits per heavy atom. The second-order valence-corrected chi connectivity index (χ2v) is 8.74. The molecule has 1 amide bonds. The van der Waals surface area contributed by atoms with Crippen molar-refractivity contribution in [2.45, 2.75) is 26.2 Å². The van der Waals surface area contributed by atoms with Crippen LogP contribution in [0.2, 0.25) is 5.02 Å². The molecule has 0 radical (unpaired) electrons. The number of rotatable bonds is 2. The van der Waals surface area contributed by atoms with Gasteiger partial charge >= 0.3 is 0 Å². The first kappa shape index (κ1) is 16.9. The molecule has 1 atom stereocenters. The number of anilines is 1. The molecule has 1 aliphatic heterocycles. The molecule has 1 fully saturated rings. The van der Waals surface area contributed by atoms with Gasteiger partial charge in [-0.3, -0.25) is 4.79 Å². The number of carbonyl (C=O) groups is 1. The Morgan fingerprint density at radius 3 is 2.76 bits per heavy atom. The standard InChI is InChI=1S/C20H23ClN2OS/c1-14-5-6-18-15(11-14)12-19(25-18)20(24)23-9-7-22(8-10-23)17-4-2-3-16(21)13-17/h2-4,12-14H,5-11H2,1H3/t14-/m1/s1. The largest absolute Gasteiger partial charge is 0.368 e. The lowest BCUT2D eigenvalue weighted by atomic mass is 9.90. The third-order valence-electron chi connectivity index (χ3n) is 5.28. The topological polar surface area (TPSA) is 23.6 Å². The van der Waals surface area contributed by atoms with Crippen molar-refractivity contribution < 1.29 is 4.79 Å². The summed E-state index contributed by atoms with van der Waals surface area (Å²) in [5, 5.41) is 0.759. The van der Waals surface area contributed by atoms with Gasteiger partial charge in [0.05, 0.1) is 4.88 Å². The van der Waals surface area contributed by atoms with E-state index in [-0.39, 0.29) is 5.91 Å². The lowest BCUT2D eigenvalue weighted by Gasteiger charge is -2.36. The van der Waals surface area contributed by atoms with E-state index in [9.17, 15) is 4.79 Å². The van der Waals surface area contributed by atoms with E-state index in [1.54, 1.807) is 11.3 Å². The van der Waals surface area contributed by atoms with Gasteiger partial charge in [-0.05, 0) is 55.0 Å². The van der Waals surface area contributed by atoms with Gasteiger partial charge in [0.2, 0.25) is 0 Å². The SMILES string of the molecule is C[C@@H]1CCc2sc(C(=O)N3CCN(c4cccc(Cl)c4)CC3)cc2C1. The molecule has 0 N–H and O–H groups in total. The first-order valence-corrected chi connectivity index (χ1v) is 10.2. The van der Waals surface area contributed by atoms with Crippen molar-refractivity contribution in [1.29, 1.82) is 0 Å². The van der Waals surface area contributed by atoms with E-state index in [0.717, 1.165) is 60.5 Å². The fourth-order valence-electron chi connectivity index (χ4n) is 3.81. The highest BCUT2D eigenvalue weighted by molar-refractivity contribution is 7.14. The minimum absolute atomic E-state index is 0.206. The van der Waals surface area contributed by atoms with E-state index in [0.29, 0.717) is 0 Å². The van der Waals surface area contributed by atoms with E-state index in [4.69, 9.17) is 11.6 Å². The van der Waals surface area contributed by atoms with Gasteiger partial charge in [-0.25, -0.2) is 0 Å². The number of hydrogen-bond acceptors (Lipinski definition) is 3. The summed E-state index contributed by atoms with van der Waals surface area (Å²) in [6.45, 7) is 5.55. The number of thiophene rings is 1. The molecule has 132 valence electrons. The van der Waals surface area contributed by atoms with Gasteiger partial charge in [0, 0.05) is 41.8 Å². The van der Waals surface area contributed by atoms with E-state index in [1.165, 1.54) is 16.9 Å². The van der Waals surface area contributed by atoms with E-state index >= 15 is 0 Å². The van der Waals surface area contributed by atoms with Crippen molar-refractivity contribution in [3.8, 4) is 0 Å². The molecule has 5 heteroatoms. The Hall–Kier alpha value is -1.52. The van der Waals surface area contributed by atoms with Crippen LogP contribution in [0, 0.1) is 5.92 Å². The van der Waals surface area contributed by atoms with Crippen LogP contribution in [0.15, 0.2) is 30.3 Å². The molecule has 2 aliphatic rings. The van der Waals surface area contributed by atoms with Gasteiger partial charge in [-0.15, -0.1) is 11.3 Å². The fourth-order valence-corrected chi connectivity index (χ4v) is 5.17. The first-order chi connectivity index (χ1) is 12.1. The van der Waals surface area contributed by atoms with Gasteiger partial charge < -0.3 is 9.80 Å². The summed E-state index contributed by atoms with van der Waals surface area (Å²) in [4.78, 5) is 19.6. The van der Waals surface area contributed by atoms with Crippen LogP contribution >= 0.6 is 22.9 Å². The summed E-state index contributed by atoms with van der Waals surface area (Å²) in [5.41, 5.74) is 2.55. The molecule has 1 aromatic carbocycles. The van der Waals surface area contributed by atoms with Crippen LogP contribution in [0.3, 0.4) is 0 Å². The van der Waals surface area contributed by atoms with Crippen LogP contribution in [0.4, 0.5) is 5.69 Å². The fraction of sp³-hybridized carbons (Fsp3) is 0.450. The van der Waals surface area contributed by atoms with Crippen molar-refractivity contribution >= 4 is 34.5 Å². The summed E-state index contributed by atoms with van der Waals surface area (Å²) in [6.07, 6.45) is 3.51. The quantitative estimate of drug-likeness (QED) is 0.773. The van der Waals surface area contributed by atoms with Crippen LogP contribution in [0.25, 0.3) is 0 Å². The number of carbonyl (C=O) groups excluding carboxylic acids is 1. The van der Waals surface area contributed by atoms with Crippen LogP contribution in [-0.4, -0.2) is 37.0 Å². The van der Waals surface area contributed by atoms with Gasteiger partial charge in [0.1, 0.15) is 0 Å².